The number of aromatic nitrogens is 3. The number of benzene rings is 8. The van der Waals surface area contributed by atoms with Crippen LogP contribution in [0.1, 0.15) is 12.7 Å². The molecule has 0 N–H and O–H groups in total. The number of fused-ring (bicyclic) bond motifs is 8. The van der Waals surface area contributed by atoms with Crippen molar-refractivity contribution in [3.63, 3.8) is 0 Å². The zero-order valence-corrected chi connectivity index (χ0v) is 34.4. The predicted octanol–water partition coefficient (Wildman–Crippen LogP) is 13.9. The molecule has 6 heteroatoms. The van der Waals surface area contributed by atoms with Crippen LogP contribution in [-0.4, -0.2) is 15.0 Å². The number of furan rings is 2. The molecule has 0 aliphatic carbocycles. The average molecular weight is 814 g/mol. The topological polar surface area (TPSA) is 65.0 Å². The lowest BCUT2D eigenvalue weighted by Crippen LogP contribution is -2.24. The molecule has 0 saturated carbocycles. The van der Waals surface area contributed by atoms with Crippen LogP contribution < -0.4 is 10.6 Å². The summed E-state index contributed by atoms with van der Waals surface area (Å²) < 4.78 is 15.8. The van der Waals surface area contributed by atoms with Gasteiger partial charge < -0.3 is 8.83 Å². The molecule has 0 fully saturated rings. The van der Waals surface area contributed by atoms with Crippen molar-refractivity contribution >= 4 is 86.8 Å². The van der Waals surface area contributed by atoms with Crippen LogP contribution in [0.4, 0.5) is 0 Å². The first-order chi connectivity index (χ1) is 30.6. The van der Waals surface area contributed by atoms with Crippen LogP contribution in [0.2, 0.25) is 0 Å². The Kier molecular flexibility index (Phi) is 8.34. The van der Waals surface area contributed by atoms with Crippen LogP contribution >= 0.6 is 11.3 Å². The van der Waals surface area contributed by atoms with Crippen molar-refractivity contribution < 1.29 is 8.83 Å². The summed E-state index contributed by atoms with van der Waals surface area (Å²) >= 11 is 1.83. The van der Waals surface area contributed by atoms with E-state index in [1.54, 1.807) is 0 Å². The minimum Gasteiger partial charge on any atom is -0.456 e. The lowest BCUT2D eigenvalue weighted by Gasteiger charge is -2.10. The van der Waals surface area contributed by atoms with Crippen LogP contribution in [0.3, 0.4) is 0 Å². The van der Waals surface area contributed by atoms with Gasteiger partial charge in [0.1, 0.15) is 22.2 Å². The van der Waals surface area contributed by atoms with Gasteiger partial charge in [0.15, 0.2) is 17.5 Å². The van der Waals surface area contributed by atoms with Gasteiger partial charge in [-0.3, -0.25) is 0 Å². The first kappa shape index (κ1) is 36.0. The van der Waals surface area contributed by atoms with Crippen molar-refractivity contribution in [1.82, 2.24) is 15.0 Å². The van der Waals surface area contributed by atoms with Gasteiger partial charge in [0.2, 0.25) is 0 Å². The Morgan fingerprint density at radius 2 is 1.16 bits per heavy atom. The largest absolute Gasteiger partial charge is 0.456 e. The van der Waals surface area contributed by atoms with Crippen molar-refractivity contribution in [2.24, 2.45) is 0 Å². The maximum Gasteiger partial charge on any atom is 0.164 e. The van der Waals surface area contributed by atoms with Gasteiger partial charge in [-0.2, -0.15) is 0 Å². The highest BCUT2D eigenvalue weighted by molar-refractivity contribution is 7.25. The van der Waals surface area contributed by atoms with Gasteiger partial charge in [-0.05, 0) is 88.5 Å². The SMILES string of the molecule is C=C/C(c1nc(-c2ccccc2)nc(-c2ccc3ccccc3c2)n1)=c1\c(=C/C)oc2ccc(-c3cccc4oc5cccc(-c6ccc7c(c6)sc6ccccc67)c5c34)cc12. The second-order valence-corrected chi connectivity index (χ2v) is 16.5. The molecular formula is C56H35N3O2S. The Balaban J connectivity index is 1.07. The fourth-order valence-corrected chi connectivity index (χ4v) is 10.1. The average Bonchev–Trinajstić information content (AvgIpc) is 4.02. The van der Waals surface area contributed by atoms with E-state index in [0.29, 0.717) is 22.9 Å². The molecule has 0 amide bonds. The summed E-state index contributed by atoms with van der Waals surface area (Å²) in [5.41, 5.74) is 10.1. The molecule has 4 aromatic heterocycles. The van der Waals surface area contributed by atoms with Crippen LogP contribution in [0.25, 0.3) is 121 Å². The third-order valence-electron chi connectivity index (χ3n) is 11.9. The first-order valence-electron chi connectivity index (χ1n) is 20.6. The Morgan fingerprint density at radius 1 is 0.500 bits per heavy atom. The minimum atomic E-state index is 0.511. The van der Waals surface area contributed by atoms with Crippen molar-refractivity contribution in [2.45, 2.75) is 6.92 Å². The fourth-order valence-electron chi connectivity index (χ4n) is 8.98. The zero-order valence-electron chi connectivity index (χ0n) is 33.6. The summed E-state index contributed by atoms with van der Waals surface area (Å²) in [4.78, 5) is 15.3. The maximum absolute atomic E-state index is 6.62. The number of hydrogen-bond acceptors (Lipinski definition) is 6. The summed E-state index contributed by atoms with van der Waals surface area (Å²) in [7, 11) is 0. The van der Waals surface area contributed by atoms with Crippen molar-refractivity contribution in [3.8, 4) is 45.0 Å². The Bertz CT molecular complexity index is 3910. The quantitative estimate of drug-likeness (QED) is 0.167. The Morgan fingerprint density at radius 3 is 1.94 bits per heavy atom. The highest BCUT2D eigenvalue weighted by Crippen LogP contribution is 2.43. The van der Waals surface area contributed by atoms with E-state index in [-0.39, 0.29) is 0 Å². The molecule has 8 aromatic carbocycles. The second-order valence-electron chi connectivity index (χ2n) is 15.5. The lowest BCUT2D eigenvalue weighted by atomic mass is 9.93. The van der Waals surface area contributed by atoms with E-state index >= 15 is 0 Å². The molecule has 0 radical (unpaired) electrons. The standard InChI is InChI=1S/C56H35N3O2S/c1-3-39(56-58-54(34-15-6-5-7-16-34)57-55(59-56)38-25-24-33-14-8-9-17-35(33)30-38)51-44-31-36(27-29-46(44)60-45(51)4-2)40-19-12-21-47-52(40)53-41(20-13-22-48(53)61-47)37-26-28-43-42-18-10-11-23-49(42)62-50(43)32-37/h3-32H,1H2,2H3/b45-4+,51-39+. The summed E-state index contributed by atoms with van der Waals surface area (Å²) in [6, 6.07) is 59.2. The van der Waals surface area contributed by atoms with Gasteiger partial charge in [-0.25, -0.2) is 15.0 Å². The molecule has 0 atom stereocenters. The van der Waals surface area contributed by atoms with Crippen molar-refractivity contribution in [3.05, 3.63) is 199 Å². The first-order valence-corrected chi connectivity index (χ1v) is 21.5. The fraction of sp³-hybridized carbons (Fsp3) is 0.0179. The predicted molar refractivity (Wildman–Crippen MR) is 258 cm³/mol. The summed E-state index contributed by atoms with van der Waals surface area (Å²) in [6.07, 6.45) is 3.83. The molecule has 62 heavy (non-hydrogen) atoms. The number of hydrogen-bond donors (Lipinski definition) is 0. The van der Waals surface area contributed by atoms with E-state index in [9.17, 15) is 0 Å². The summed E-state index contributed by atoms with van der Waals surface area (Å²) in [5, 5.41) is 8.80. The molecule has 12 aromatic rings. The van der Waals surface area contributed by atoms with Crippen LogP contribution in [0.15, 0.2) is 191 Å². The van der Waals surface area contributed by atoms with E-state index in [4.69, 9.17) is 23.8 Å². The Labute approximate surface area is 359 Å². The van der Waals surface area contributed by atoms with Gasteiger partial charge in [0.05, 0.1) is 0 Å². The lowest BCUT2D eigenvalue weighted by molar-refractivity contribution is 0.574. The highest BCUT2D eigenvalue weighted by Gasteiger charge is 2.20. The maximum atomic E-state index is 6.62. The van der Waals surface area contributed by atoms with Gasteiger partial charge in [-0.1, -0.05) is 140 Å². The number of thiophene rings is 1. The van der Waals surface area contributed by atoms with E-state index in [2.05, 4.69) is 134 Å². The molecule has 0 aliphatic rings. The molecule has 0 saturated heterocycles. The zero-order chi connectivity index (χ0) is 41.3. The third-order valence-corrected chi connectivity index (χ3v) is 13.0. The number of allylic oxidation sites excluding steroid dienone is 1. The van der Waals surface area contributed by atoms with Crippen LogP contribution in [-0.2, 0) is 0 Å². The van der Waals surface area contributed by atoms with Crippen LogP contribution in [0, 0.1) is 0 Å². The van der Waals surface area contributed by atoms with E-state index in [1.165, 1.54) is 20.2 Å². The highest BCUT2D eigenvalue weighted by atomic mass is 32.1. The van der Waals surface area contributed by atoms with E-state index in [0.717, 1.165) is 87.9 Å². The van der Waals surface area contributed by atoms with Crippen LogP contribution in [0.5, 0.6) is 0 Å². The van der Waals surface area contributed by atoms with Gasteiger partial charge in [-0.15, -0.1) is 11.3 Å². The molecule has 12 rings (SSSR count). The number of nitrogens with zero attached hydrogens (tertiary/aromatic N) is 3. The normalized spacial score (nSPS) is 12.7. The molecular weight excluding hydrogens is 779 g/mol. The van der Waals surface area contributed by atoms with E-state index < -0.39 is 0 Å². The summed E-state index contributed by atoms with van der Waals surface area (Å²) in [6.45, 7) is 6.32. The molecule has 0 unspecified atom stereocenters. The molecule has 0 bridgehead atoms. The minimum absolute atomic E-state index is 0.511. The molecule has 5 nitrogen and oxygen atoms in total. The second kappa shape index (κ2) is 14.4. The third kappa shape index (κ3) is 5.80. The smallest absolute Gasteiger partial charge is 0.164 e. The van der Waals surface area contributed by atoms with E-state index in [1.807, 2.05) is 72.9 Å². The van der Waals surface area contributed by atoms with Crippen molar-refractivity contribution in [2.75, 3.05) is 0 Å². The molecule has 292 valence electrons. The van der Waals surface area contributed by atoms with Gasteiger partial charge >= 0.3 is 0 Å². The van der Waals surface area contributed by atoms with Gasteiger partial charge in [0, 0.05) is 58.2 Å². The number of rotatable bonds is 6. The van der Waals surface area contributed by atoms with Gasteiger partial charge in [0.25, 0.3) is 0 Å². The van der Waals surface area contributed by atoms with Crippen molar-refractivity contribution in [1.29, 1.82) is 0 Å². The molecule has 0 spiro atoms. The molecule has 0 aliphatic heterocycles. The molecule has 4 heterocycles. The summed E-state index contributed by atoms with van der Waals surface area (Å²) in [5.74, 6) is 1.67. The monoisotopic (exact) mass is 813 g/mol. The Hall–Kier alpha value is -7.93.